The Morgan fingerprint density at radius 2 is 2.07 bits per heavy atom. The summed E-state index contributed by atoms with van der Waals surface area (Å²) in [7, 11) is 0.705. The SMILES string of the molecule is Nc1nc(Br)cc(S(=O)(=O)Cl)c1C(F)F. The molecule has 0 aliphatic rings. The van der Waals surface area contributed by atoms with Gasteiger partial charge in [0, 0.05) is 10.7 Å². The molecule has 0 saturated heterocycles. The van der Waals surface area contributed by atoms with Crippen LogP contribution in [0.25, 0.3) is 0 Å². The number of nitrogen functional groups attached to an aromatic ring is 1. The second-order valence-corrected chi connectivity index (χ2v) is 5.83. The molecule has 0 amide bonds. The molecule has 0 unspecified atom stereocenters. The zero-order valence-corrected chi connectivity index (χ0v) is 10.1. The van der Waals surface area contributed by atoms with E-state index in [1.54, 1.807) is 0 Å². The molecule has 4 nitrogen and oxygen atoms in total. The number of aromatic nitrogens is 1. The first-order chi connectivity index (χ1) is 6.73. The monoisotopic (exact) mass is 320 g/mol. The van der Waals surface area contributed by atoms with Gasteiger partial charge in [0.1, 0.15) is 10.4 Å². The third-order valence-electron chi connectivity index (χ3n) is 1.50. The van der Waals surface area contributed by atoms with Crippen LogP contribution >= 0.6 is 26.6 Å². The van der Waals surface area contributed by atoms with Crippen LogP contribution in [-0.2, 0) is 9.05 Å². The highest BCUT2D eigenvalue weighted by Gasteiger charge is 2.26. The maximum Gasteiger partial charge on any atom is 0.268 e. The van der Waals surface area contributed by atoms with E-state index < -0.39 is 31.8 Å². The van der Waals surface area contributed by atoms with E-state index in [-0.39, 0.29) is 4.60 Å². The molecule has 1 rings (SSSR count). The molecule has 84 valence electrons. The highest BCUT2D eigenvalue weighted by molar-refractivity contribution is 9.10. The quantitative estimate of drug-likeness (QED) is 0.670. The van der Waals surface area contributed by atoms with Crippen molar-refractivity contribution >= 4 is 41.5 Å². The number of hydrogen-bond donors (Lipinski definition) is 1. The molecule has 0 spiro atoms. The first-order valence-electron chi connectivity index (χ1n) is 3.42. The van der Waals surface area contributed by atoms with Gasteiger partial charge in [-0.25, -0.2) is 22.2 Å². The van der Waals surface area contributed by atoms with Crippen LogP contribution in [0, 0.1) is 0 Å². The second-order valence-electron chi connectivity index (χ2n) is 2.48. The molecule has 1 aromatic rings. The van der Waals surface area contributed by atoms with Crippen molar-refractivity contribution in [1.29, 1.82) is 0 Å². The largest absolute Gasteiger partial charge is 0.383 e. The molecule has 0 fully saturated rings. The van der Waals surface area contributed by atoms with Crippen molar-refractivity contribution in [1.82, 2.24) is 4.98 Å². The summed E-state index contributed by atoms with van der Waals surface area (Å²) in [6.45, 7) is 0. The van der Waals surface area contributed by atoms with Crippen LogP contribution in [0.3, 0.4) is 0 Å². The fourth-order valence-electron chi connectivity index (χ4n) is 0.941. The number of hydrogen-bond acceptors (Lipinski definition) is 4. The molecule has 15 heavy (non-hydrogen) atoms. The molecule has 0 aliphatic carbocycles. The number of alkyl halides is 2. The number of pyridine rings is 1. The minimum absolute atomic E-state index is 0.0172. The molecule has 2 N–H and O–H groups in total. The van der Waals surface area contributed by atoms with Crippen LogP contribution in [0.4, 0.5) is 14.6 Å². The fourth-order valence-corrected chi connectivity index (χ4v) is 2.60. The van der Waals surface area contributed by atoms with E-state index in [1.807, 2.05) is 0 Å². The Labute approximate surface area is 97.0 Å². The molecule has 0 saturated carbocycles. The molecule has 9 heteroatoms. The first kappa shape index (κ1) is 12.6. The Hall–Kier alpha value is -0.470. The minimum Gasteiger partial charge on any atom is -0.383 e. The van der Waals surface area contributed by atoms with Crippen LogP contribution in [0.2, 0.25) is 0 Å². The van der Waals surface area contributed by atoms with E-state index in [2.05, 4.69) is 20.9 Å². The summed E-state index contributed by atoms with van der Waals surface area (Å²) in [5.74, 6) is -0.571. The summed E-state index contributed by atoms with van der Waals surface area (Å²) in [6, 6.07) is 0.875. The van der Waals surface area contributed by atoms with Crippen molar-refractivity contribution in [2.75, 3.05) is 5.73 Å². The molecule has 1 aromatic heterocycles. The zero-order chi connectivity index (χ0) is 11.8. The lowest BCUT2D eigenvalue weighted by molar-refractivity contribution is 0.148. The van der Waals surface area contributed by atoms with Gasteiger partial charge in [0.15, 0.2) is 0 Å². The molecular weight excluding hydrogens is 317 g/mol. The van der Waals surface area contributed by atoms with Gasteiger partial charge in [-0.3, -0.25) is 0 Å². The van der Waals surface area contributed by atoms with E-state index in [4.69, 9.17) is 16.4 Å². The third-order valence-corrected chi connectivity index (χ3v) is 3.27. The number of nitrogens with zero attached hydrogens (tertiary/aromatic N) is 1. The van der Waals surface area contributed by atoms with Gasteiger partial charge in [0.2, 0.25) is 0 Å². The van der Waals surface area contributed by atoms with Crippen molar-refractivity contribution in [3.05, 3.63) is 16.2 Å². The van der Waals surface area contributed by atoms with Crippen molar-refractivity contribution < 1.29 is 17.2 Å². The summed E-state index contributed by atoms with van der Waals surface area (Å²) in [5, 5.41) is 0. The summed E-state index contributed by atoms with van der Waals surface area (Å²) in [6.07, 6.45) is -3.06. The average molecular weight is 322 g/mol. The Morgan fingerprint density at radius 3 is 2.47 bits per heavy atom. The predicted molar refractivity (Wildman–Crippen MR) is 54.3 cm³/mol. The smallest absolute Gasteiger partial charge is 0.268 e. The zero-order valence-electron chi connectivity index (χ0n) is 6.92. The molecule has 0 atom stereocenters. The van der Waals surface area contributed by atoms with E-state index >= 15 is 0 Å². The van der Waals surface area contributed by atoms with Crippen molar-refractivity contribution in [2.24, 2.45) is 0 Å². The second kappa shape index (κ2) is 4.18. The molecule has 0 aromatic carbocycles. The standard InChI is InChI=1S/C6H4BrClF2N2O2S/c7-3-1-2(15(8,13)14)4(5(9)10)6(11)12-3/h1,5H,(H2,11,12). The average Bonchev–Trinajstić information content (AvgIpc) is 1.99. The van der Waals surface area contributed by atoms with Gasteiger partial charge in [-0.15, -0.1) is 0 Å². The molecule has 0 radical (unpaired) electrons. The van der Waals surface area contributed by atoms with Crippen molar-refractivity contribution in [3.63, 3.8) is 0 Å². The van der Waals surface area contributed by atoms with E-state index in [0.29, 0.717) is 0 Å². The Bertz CT molecular complexity index is 494. The lowest BCUT2D eigenvalue weighted by Gasteiger charge is -2.08. The third kappa shape index (κ3) is 2.76. The Kier molecular flexibility index (Phi) is 3.51. The summed E-state index contributed by atoms with van der Waals surface area (Å²) < 4.78 is 47.0. The highest BCUT2D eigenvalue weighted by atomic mass is 79.9. The summed E-state index contributed by atoms with van der Waals surface area (Å²) in [5.41, 5.74) is 4.29. The van der Waals surface area contributed by atoms with Crippen LogP contribution < -0.4 is 5.73 Å². The van der Waals surface area contributed by atoms with Crippen LogP contribution in [-0.4, -0.2) is 13.4 Å². The highest BCUT2D eigenvalue weighted by Crippen LogP contribution is 2.33. The molecule has 0 aliphatic heterocycles. The van der Waals surface area contributed by atoms with Gasteiger partial charge in [-0.05, 0) is 22.0 Å². The number of anilines is 1. The Morgan fingerprint density at radius 1 is 1.53 bits per heavy atom. The number of rotatable bonds is 2. The van der Waals surface area contributed by atoms with Crippen molar-refractivity contribution in [3.8, 4) is 0 Å². The van der Waals surface area contributed by atoms with E-state index in [0.717, 1.165) is 6.07 Å². The minimum atomic E-state index is -4.28. The lowest BCUT2D eigenvalue weighted by atomic mass is 10.2. The molecular formula is C6H4BrClF2N2O2S. The first-order valence-corrected chi connectivity index (χ1v) is 6.52. The van der Waals surface area contributed by atoms with E-state index in [1.165, 1.54) is 0 Å². The van der Waals surface area contributed by atoms with Gasteiger partial charge in [0.25, 0.3) is 15.5 Å². The summed E-state index contributed by atoms with van der Waals surface area (Å²) >= 11 is 2.83. The van der Waals surface area contributed by atoms with Crippen molar-refractivity contribution in [2.45, 2.75) is 11.3 Å². The normalized spacial score (nSPS) is 12.1. The Balaban J connectivity index is 3.62. The maximum absolute atomic E-state index is 12.5. The summed E-state index contributed by atoms with van der Waals surface area (Å²) in [4.78, 5) is 2.72. The van der Waals surface area contributed by atoms with Crippen LogP contribution in [0.1, 0.15) is 12.0 Å². The van der Waals surface area contributed by atoms with Gasteiger partial charge in [-0.2, -0.15) is 0 Å². The topological polar surface area (TPSA) is 73.0 Å². The number of halogens is 4. The van der Waals surface area contributed by atoms with Gasteiger partial charge < -0.3 is 5.73 Å². The van der Waals surface area contributed by atoms with Gasteiger partial charge in [-0.1, -0.05) is 0 Å². The molecule has 1 heterocycles. The number of nitrogens with two attached hydrogens (primary N) is 1. The predicted octanol–water partition coefficient (Wildman–Crippen LogP) is 2.29. The van der Waals surface area contributed by atoms with E-state index in [9.17, 15) is 17.2 Å². The maximum atomic E-state index is 12.5. The fraction of sp³-hybridized carbons (Fsp3) is 0.167. The van der Waals surface area contributed by atoms with Gasteiger partial charge in [0.05, 0.1) is 10.5 Å². The van der Waals surface area contributed by atoms with Crippen LogP contribution in [0.5, 0.6) is 0 Å². The lowest BCUT2D eigenvalue weighted by Crippen LogP contribution is -2.06. The molecule has 0 bridgehead atoms. The van der Waals surface area contributed by atoms with Crippen LogP contribution in [0.15, 0.2) is 15.6 Å². The van der Waals surface area contributed by atoms with Gasteiger partial charge >= 0.3 is 0 Å².